The highest BCUT2D eigenvalue weighted by Crippen LogP contribution is 2.27. The summed E-state index contributed by atoms with van der Waals surface area (Å²) in [4.78, 5) is 35.8. The van der Waals surface area contributed by atoms with Crippen LogP contribution in [0.25, 0.3) is 6.08 Å². The molecule has 3 atom stereocenters. The molecular formula is C12H14N2O7. The lowest BCUT2D eigenvalue weighted by molar-refractivity contribution is -0.131. The molecule has 0 radical (unpaired) electrons. The SMILES string of the molecule is O=C(O)/C=C\c1cn([C@H]2OC[C@@H](CO)[C@H]2O)c(=O)[nH]c1=O. The fourth-order valence-corrected chi connectivity index (χ4v) is 2.03. The van der Waals surface area contributed by atoms with E-state index in [1.807, 2.05) is 4.98 Å². The van der Waals surface area contributed by atoms with Crippen LogP contribution in [0.1, 0.15) is 11.8 Å². The van der Waals surface area contributed by atoms with Crippen LogP contribution in [0.5, 0.6) is 0 Å². The van der Waals surface area contributed by atoms with E-state index < -0.39 is 35.5 Å². The third-order valence-electron chi connectivity index (χ3n) is 3.17. The molecule has 0 saturated carbocycles. The molecule has 1 aromatic rings. The van der Waals surface area contributed by atoms with Crippen molar-refractivity contribution in [2.24, 2.45) is 5.92 Å². The normalized spacial score (nSPS) is 25.5. The molecule has 0 aliphatic carbocycles. The monoisotopic (exact) mass is 298 g/mol. The number of nitrogens with one attached hydrogen (secondary N) is 1. The van der Waals surface area contributed by atoms with Crippen molar-refractivity contribution in [2.45, 2.75) is 12.3 Å². The van der Waals surface area contributed by atoms with E-state index in [2.05, 4.69) is 0 Å². The Kier molecular flexibility index (Phi) is 4.36. The van der Waals surface area contributed by atoms with E-state index in [1.54, 1.807) is 0 Å². The van der Waals surface area contributed by atoms with Gasteiger partial charge in [-0.05, 0) is 6.08 Å². The average molecular weight is 298 g/mol. The number of aliphatic carboxylic acids is 1. The number of hydrogen-bond donors (Lipinski definition) is 4. The molecule has 9 heteroatoms. The summed E-state index contributed by atoms with van der Waals surface area (Å²) in [6.45, 7) is -0.240. The van der Waals surface area contributed by atoms with Gasteiger partial charge >= 0.3 is 11.7 Å². The molecule has 0 unspecified atom stereocenters. The van der Waals surface area contributed by atoms with Gasteiger partial charge in [-0.3, -0.25) is 14.3 Å². The molecule has 1 aliphatic rings. The van der Waals surface area contributed by atoms with Crippen LogP contribution >= 0.6 is 0 Å². The van der Waals surface area contributed by atoms with Crippen molar-refractivity contribution >= 4 is 12.0 Å². The van der Waals surface area contributed by atoms with Gasteiger partial charge in [0.25, 0.3) is 5.56 Å². The molecule has 1 aliphatic heterocycles. The quantitative estimate of drug-likeness (QED) is 0.477. The minimum Gasteiger partial charge on any atom is -0.478 e. The Morgan fingerprint density at radius 3 is 2.81 bits per heavy atom. The molecule has 4 N–H and O–H groups in total. The van der Waals surface area contributed by atoms with Crippen LogP contribution in [0, 0.1) is 5.92 Å². The smallest absolute Gasteiger partial charge is 0.330 e. The lowest BCUT2D eigenvalue weighted by atomic mass is 10.1. The van der Waals surface area contributed by atoms with Crippen LogP contribution < -0.4 is 11.2 Å². The highest BCUT2D eigenvalue weighted by atomic mass is 16.5. The fraction of sp³-hybridized carbons (Fsp3) is 0.417. The second-order valence-electron chi connectivity index (χ2n) is 4.58. The molecule has 1 aromatic heterocycles. The first-order valence-electron chi connectivity index (χ1n) is 6.11. The van der Waals surface area contributed by atoms with Crippen LogP contribution in [0.2, 0.25) is 0 Å². The molecule has 9 nitrogen and oxygen atoms in total. The molecule has 1 fully saturated rings. The van der Waals surface area contributed by atoms with Crippen LogP contribution in [-0.2, 0) is 9.53 Å². The van der Waals surface area contributed by atoms with E-state index in [-0.39, 0.29) is 18.8 Å². The standard InChI is InChI=1S/C12H14N2O7/c15-4-7-5-21-11(9(7)18)14-3-6(1-2-8(16)17)10(19)13-12(14)20/h1-3,7,9,11,15,18H,4-5H2,(H,16,17)(H,13,19,20)/b2-1-/t7-,9-,11+/m1/s1. The molecule has 0 spiro atoms. The summed E-state index contributed by atoms with van der Waals surface area (Å²) in [5, 5.41) is 27.6. The largest absolute Gasteiger partial charge is 0.478 e. The zero-order valence-electron chi connectivity index (χ0n) is 10.8. The molecule has 2 rings (SSSR count). The van der Waals surface area contributed by atoms with Gasteiger partial charge in [0.1, 0.15) is 6.10 Å². The maximum absolute atomic E-state index is 11.8. The Bertz CT molecular complexity index is 675. The number of nitrogens with zero attached hydrogens (tertiary/aromatic N) is 1. The fourth-order valence-electron chi connectivity index (χ4n) is 2.03. The Labute approximate surface area is 117 Å². The van der Waals surface area contributed by atoms with Crippen molar-refractivity contribution in [2.75, 3.05) is 13.2 Å². The zero-order chi connectivity index (χ0) is 15.6. The van der Waals surface area contributed by atoms with Crippen molar-refractivity contribution in [1.82, 2.24) is 9.55 Å². The van der Waals surface area contributed by atoms with Crippen LogP contribution in [0.4, 0.5) is 0 Å². The number of aliphatic hydroxyl groups excluding tert-OH is 2. The van der Waals surface area contributed by atoms with Crippen molar-refractivity contribution in [3.8, 4) is 0 Å². The molecule has 0 aromatic carbocycles. The molecule has 0 bridgehead atoms. The van der Waals surface area contributed by atoms with E-state index >= 15 is 0 Å². The third kappa shape index (κ3) is 3.10. The lowest BCUT2D eigenvalue weighted by Crippen LogP contribution is -2.37. The first kappa shape index (κ1) is 15.2. The van der Waals surface area contributed by atoms with Gasteiger partial charge in [-0.15, -0.1) is 0 Å². The highest BCUT2D eigenvalue weighted by Gasteiger charge is 2.37. The third-order valence-corrected chi connectivity index (χ3v) is 3.17. The number of ether oxygens (including phenoxy) is 1. The highest BCUT2D eigenvalue weighted by molar-refractivity contribution is 5.85. The van der Waals surface area contributed by atoms with E-state index in [0.29, 0.717) is 0 Å². The minimum atomic E-state index is -1.25. The molecular weight excluding hydrogens is 284 g/mol. The summed E-state index contributed by atoms with van der Waals surface area (Å²) in [7, 11) is 0. The minimum absolute atomic E-state index is 0.0637. The first-order valence-corrected chi connectivity index (χ1v) is 6.11. The van der Waals surface area contributed by atoms with Crippen LogP contribution in [-0.4, -0.2) is 50.2 Å². The maximum atomic E-state index is 11.8. The Morgan fingerprint density at radius 1 is 1.52 bits per heavy atom. The van der Waals surface area contributed by atoms with Gasteiger partial charge in [-0.1, -0.05) is 0 Å². The van der Waals surface area contributed by atoms with Crippen molar-refractivity contribution in [3.63, 3.8) is 0 Å². The van der Waals surface area contributed by atoms with Crippen molar-refractivity contribution in [1.29, 1.82) is 0 Å². The maximum Gasteiger partial charge on any atom is 0.330 e. The van der Waals surface area contributed by atoms with Gasteiger partial charge in [0.05, 0.1) is 18.8 Å². The number of aliphatic hydroxyl groups is 2. The Morgan fingerprint density at radius 2 is 2.24 bits per heavy atom. The second kappa shape index (κ2) is 6.04. The summed E-state index contributed by atoms with van der Waals surface area (Å²) in [5.41, 5.74) is -1.62. The second-order valence-corrected chi connectivity index (χ2v) is 4.58. The summed E-state index contributed by atoms with van der Waals surface area (Å²) in [6, 6.07) is 0. The van der Waals surface area contributed by atoms with E-state index in [9.17, 15) is 19.5 Å². The van der Waals surface area contributed by atoms with Gasteiger partial charge < -0.3 is 20.1 Å². The summed E-state index contributed by atoms with van der Waals surface area (Å²) in [5.74, 6) is -1.78. The number of carboxylic acids is 1. The van der Waals surface area contributed by atoms with Gasteiger partial charge in [-0.2, -0.15) is 0 Å². The number of carboxylic acid groups (broad SMARTS) is 1. The van der Waals surface area contributed by atoms with Gasteiger partial charge in [0.2, 0.25) is 0 Å². The van der Waals surface area contributed by atoms with E-state index in [4.69, 9.17) is 14.9 Å². The number of aromatic amines is 1. The molecule has 1 saturated heterocycles. The Balaban J connectivity index is 2.41. The van der Waals surface area contributed by atoms with Crippen LogP contribution in [0.3, 0.4) is 0 Å². The number of H-pyrrole nitrogens is 1. The number of carbonyl (C=O) groups is 1. The summed E-state index contributed by atoms with van der Waals surface area (Å²) in [6.07, 6.45) is 0.719. The topological polar surface area (TPSA) is 142 Å². The van der Waals surface area contributed by atoms with Crippen molar-refractivity contribution < 1.29 is 24.9 Å². The van der Waals surface area contributed by atoms with E-state index in [1.165, 1.54) is 0 Å². The van der Waals surface area contributed by atoms with Crippen LogP contribution in [0.15, 0.2) is 21.9 Å². The van der Waals surface area contributed by atoms with Crippen molar-refractivity contribution in [3.05, 3.63) is 38.7 Å². The number of hydrogen-bond acceptors (Lipinski definition) is 6. The van der Waals surface area contributed by atoms with Gasteiger partial charge in [0.15, 0.2) is 6.23 Å². The molecule has 0 amide bonds. The predicted molar refractivity (Wildman–Crippen MR) is 69.6 cm³/mol. The van der Waals surface area contributed by atoms with Gasteiger partial charge in [-0.25, -0.2) is 9.59 Å². The molecule has 2 heterocycles. The lowest BCUT2D eigenvalue weighted by Gasteiger charge is -2.18. The number of rotatable bonds is 4. The summed E-state index contributed by atoms with van der Waals surface area (Å²) < 4.78 is 6.21. The molecule has 114 valence electrons. The van der Waals surface area contributed by atoms with Gasteiger partial charge in [0, 0.05) is 18.2 Å². The van der Waals surface area contributed by atoms with E-state index in [0.717, 1.165) is 22.9 Å². The average Bonchev–Trinajstić information content (AvgIpc) is 2.78. The summed E-state index contributed by atoms with van der Waals surface area (Å²) >= 11 is 0. The first-order chi connectivity index (χ1) is 9.93. The zero-order valence-corrected chi connectivity index (χ0v) is 10.8. The Hall–Kier alpha value is -2.23. The predicted octanol–water partition coefficient (Wildman–Crippen LogP) is -1.87. The molecule has 21 heavy (non-hydrogen) atoms. The number of aromatic nitrogens is 2.